The molecule has 0 saturated heterocycles. The van der Waals surface area contributed by atoms with E-state index in [0.29, 0.717) is 23.0 Å². The molecule has 0 spiro atoms. The molecule has 0 heterocycles. The lowest BCUT2D eigenvalue weighted by atomic mass is 10.0. The molecule has 0 bridgehead atoms. The predicted molar refractivity (Wildman–Crippen MR) is 119 cm³/mol. The average molecular weight is 434 g/mol. The number of halogens is 1. The summed E-state index contributed by atoms with van der Waals surface area (Å²) < 4.78 is 19.4. The van der Waals surface area contributed by atoms with Crippen LogP contribution in [0.25, 0.3) is 0 Å². The van der Waals surface area contributed by atoms with E-state index in [1.54, 1.807) is 31.4 Å². The zero-order valence-corrected chi connectivity index (χ0v) is 18.9. The molecule has 1 unspecified atom stereocenters. The monoisotopic (exact) mass is 433 g/mol. The van der Waals surface area contributed by atoms with Gasteiger partial charge in [-0.05, 0) is 34.7 Å². The van der Waals surface area contributed by atoms with Crippen LogP contribution in [-0.2, 0) is 20.9 Å². The summed E-state index contributed by atoms with van der Waals surface area (Å²) in [5, 5.41) is 6.17. The summed E-state index contributed by atoms with van der Waals surface area (Å²) in [5.41, 5.74) is 1.96. The maximum atomic E-state index is 14.3. The number of methoxy groups -OCH3 is 1. The van der Waals surface area contributed by atoms with Crippen LogP contribution in [0, 0.1) is 5.82 Å². The molecular weight excluding hydrogens is 407 g/mol. The van der Waals surface area contributed by atoms with Gasteiger partial charge in [-0.15, -0.1) is 0 Å². The molecule has 2 aromatic rings. The molecule has 1 radical (unpaired) electrons. The number of rotatable bonds is 9. The smallest absolute Gasteiger partial charge is 0.251 e. The van der Waals surface area contributed by atoms with Crippen LogP contribution < -0.4 is 15.8 Å². The topological polar surface area (TPSA) is 67.4 Å². The highest BCUT2D eigenvalue weighted by atomic mass is 32.2. The second-order valence-electron chi connectivity index (χ2n) is 6.79. The van der Waals surface area contributed by atoms with Crippen molar-refractivity contribution in [2.75, 3.05) is 24.4 Å². The Morgan fingerprint density at radius 3 is 2.41 bits per heavy atom. The van der Waals surface area contributed by atoms with Crippen LogP contribution in [0.4, 0.5) is 10.1 Å². The molecule has 5 nitrogen and oxygen atoms in total. The largest absolute Gasteiger partial charge is 0.380 e. The summed E-state index contributed by atoms with van der Waals surface area (Å²) in [4.78, 5) is 25.1. The molecule has 0 fully saturated rings. The maximum absolute atomic E-state index is 14.3. The summed E-state index contributed by atoms with van der Waals surface area (Å²) in [6.07, 6.45) is 1.82. The minimum absolute atomic E-state index is 0.243. The van der Waals surface area contributed by atoms with Crippen molar-refractivity contribution >= 4 is 43.2 Å². The third-order valence-corrected chi connectivity index (χ3v) is 6.28. The average Bonchev–Trinajstić information content (AvgIpc) is 2.67. The van der Waals surface area contributed by atoms with Crippen molar-refractivity contribution in [2.45, 2.75) is 25.7 Å². The molecule has 2 N–H and O–H groups in total. The van der Waals surface area contributed by atoms with E-state index in [9.17, 15) is 14.0 Å². The summed E-state index contributed by atoms with van der Waals surface area (Å²) >= 11 is 1.37. The summed E-state index contributed by atoms with van der Waals surface area (Å²) in [6.45, 7) is 4.47. The van der Waals surface area contributed by atoms with Gasteiger partial charge in [-0.1, -0.05) is 43.4 Å². The SMILES string of the molecule is COCc1ccc(C(NC(=O)CSC)C(=O)Nc2ccc([Si](C)C)c(F)c2)cc1. The van der Waals surface area contributed by atoms with Crippen molar-refractivity contribution in [3.63, 3.8) is 0 Å². The van der Waals surface area contributed by atoms with Crippen LogP contribution in [0.2, 0.25) is 13.1 Å². The Bertz CT molecular complexity index is 846. The van der Waals surface area contributed by atoms with Crippen molar-refractivity contribution < 1.29 is 18.7 Å². The quantitative estimate of drug-likeness (QED) is 0.597. The molecular formula is C21H26FN2O3SSi. The normalized spacial score (nSPS) is 11.9. The number of benzene rings is 2. The molecule has 155 valence electrons. The number of amides is 2. The van der Waals surface area contributed by atoms with Gasteiger partial charge in [-0.2, -0.15) is 11.8 Å². The number of hydrogen-bond donors (Lipinski definition) is 2. The zero-order chi connectivity index (χ0) is 21.4. The molecule has 0 aliphatic carbocycles. The number of ether oxygens (including phenoxy) is 1. The van der Waals surface area contributed by atoms with Crippen molar-refractivity contribution in [1.29, 1.82) is 0 Å². The molecule has 0 aliphatic rings. The Balaban J connectivity index is 2.24. The molecule has 2 amide bonds. The molecule has 1 atom stereocenters. The Labute approximate surface area is 177 Å². The standard InChI is InChI=1S/C21H26FN2O3SSi/c1-27-12-14-5-7-15(8-6-14)20(24-19(25)13-28-2)21(26)23-16-9-10-18(29(3)4)17(22)11-16/h5-11,20H,12-13H2,1-4H3,(H,23,26)(H,24,25). The first kappa shape index (κ1) is 23.1. The lowest BCUT2D eigenvalue weighted by Gasteiger charge is -2.19. The highest BCUT2D eigenvalue weighted by Gasteiger charge is 2.23. The highest BCUT2D eigenvalue weighted by Crippen LogP contribution is 2.18. The van der Waals surface area contributed by atoms with Crippen molar-refractivity contribution in [3.05, 3.63) is 59.4 Å². The van der Waals surface area contributed by atoms with Crippen molar-refractivity contribution in [2.24, 2.45) is 0 Å². The molecule has 29 heavy (non-hydrogen) atoms. The molecule has 0 saturated carbocycles. The van der Waals surface area contributed by atoms with Crippen LogP contribution in [0.5, 0.6) is 0 Å². The molecule has 2 aromatic carbocycles. The van der Waals surface area contributed by atoms with E-state index < -0.39 is 20.7 Å². The van der Waals surface area contributed by atoms with Gasteiger partial charge in [0.15, 0.2) is 0 Å². The maximum Gasteiger partial charge on any atom is 0.251 e. The second kappa shape index (κ2) is 11.1. The third-order valence-electron chi connectivity index (χ3n) is 4.24. The van der Waals surface area contributed by atoms with Gasteiger partial charge in [-0.25, -0.2) is 4.39 Å². The zero-order valence-electron chi connectivity index (χ0n) is 17.0. The van der Waals surface area contributed by atoms with Gasteiger partial charge < -0.3 is 15.4 Å². The predicted octanol–water partition coefficient (Wildman–Crippen LogP) is 3.09. The molecule has 2 rings (SSSR count). The van der Waals surface area contributed by atoms with Crippen LogP contribution in [-0.4, -0.2) is 39.7 Å². The number of hydrogen-bond acceptors (Lipinski definition) is 4. The van der Waals surface area contributed by atoms with E-state index >= 15 is 0 Å². The first-order valence-electron chi connectivity index (χ1n) is 9.12. The highest BCUT2D eigenvalue weighted by molar-refractivity contribution is 7.99. The van der Waals surface area contributed by atoms with Gasteiger partial charge in [0, 0.05) is 12.8 Å². The Kier molecular flexibility index (Phi) is 8.88. The Morgan fingerprint density at radius 2 is 1.86 bits per heavy atom. The minimum Gasteiger partial charge on any atom is -0.380 e. The second-order valence-corrected chi connectivity index (χ2v) is 10.2. The first-order chi connectivity index (χ1) is 13.8. The lowest BCUT2D eigenvalue weighted by molar-refractivity contribution is -0.125. The summed E-state index contributed by atoms with van der Waals surface area (Å²) in [7, 11) is 0.676. The van der Waals surface area contributed by atoms with Gasteiger partial charge >= 0.3 is 0 Å². The van der Waals surface area contributed by atoms with Crippen LogP contribution in [0.3, 0.4) is 0 Å². The van der Waals surface area contributed by atoms with Gasteiger partial charge in [0.25, 0.3) is 5.91 Å². The van der Waals surface area contributed by atoms with E-state index in [-0.39, 0.29) is 17.5 Å². The van der Waals surface area contributed by atoms with Crippen LogP contribution >= 0.6 is 11.8 Å². The summed E-state index contributed by atoms with van der Waals surface area (Å²) in [6, 6.07) is 11.1. The van der Waals surface area contributed by atoms with Crippen LogP contribution in [0.15, 0.2) is 42.5 Å². The van der Waals surface area contributed by atoms with Gasteiger partial charge in [-0.3, -0.25) is 9.59 Å². The van der Waals surface area contributed by atoms with Gasteiger partial charge in [0.2, 0.25) is 5.91 Å². The van der Waals surface area contributed by atoms with E-state index in [4.69, 9.17) is 4.74 Å². The Morgan fingerprint density at radius 1 is 1.17 bits per heavy atom. The fourth-order valence-electron chi connectivity index (χ4n) is 2.82. The van der Waals surface area contributed by atoms with Crippen molar-refractivity contribution in [3.8, 4) is 0 Å². The van der Waals surface area contributed by atoms with E-state index in [1.807, 2.05) is 31.5 Å². The Hall–Kier alpha value is -2.16. The number of carbonyl (C=O) groups is 2. The van der Waals surface area contributed by atoms with E-state index in [2.05, 4.69) is 10.6 Å². The van der Waals surface area contributed by atoms with E-state index in [0.717, 1.165) is 5.56 Å². The number of carbonyl (C=O) groups excluding carboxylic acids is 2. The molecule has 0 aromatic heterocycles. The number of anilines is 1. The fraction of sp³-hybridized carbons (Fsp3) is 0.333. The number of nitrogens with one attached hydrogen (secondary N) is 2. The van der Waals surface area contributed by atoms with Gasteiger partial charge in [0.1, 0.15) is 11.9 Å². The first-order valence-corrected chi connectivity index (χ1v) is 13.0. The molecule has 0 aliphatic heterocycles. The van der Waals surface area contributed by atoms with Crippen molar-refractivity contribution in [1.82, 2.24) is 5.32 Å². The third kappa shape index (κ3) is 6.69. The van der Waals surface area contributed by atoms with E-state index in [1.165, 1.54) is 17.8 Å². The van der Waals surface area contributed by atoms with Crippen LogP contribution in [0.1, 0.15) is 17.2 Å². The minimum atomic E-state index is -0.933. The molecule has 8 heteroatoms. The van der Waals surface area contributed by atoms with Gasteiger partial charge in [0.05, 0.1) is 21.2 Å². The lowest BCUT2D eigenvalue weighted by Crippen LogP contribution is -2.38. The number of thioether (sulfide) groups is 1. The fourth-order valence-corrected chi connectivity index (χ4v) is 4.13. The summed E-state index contributed by atoms with van der Waals surface area (Å²) in [5.74, 6) is -0.755.